The van der Waals surface area contributed by atoms with Crippen LogP contribution in [0.15, 0.2) is 35.9 Å². The van der Waals surface area contributed by atoms with Crippen LogP contribution in [0.25, 0.3) is 6.08 Å². The van der Waals surface area contributed by atoms with E-state index in [9.17, 15) is 14.7 Å². The molecule has 1 aromatic carbocycles. The molecular formula is C44H62Cl2N2O3. The molecule has 5 fully saturated rings. The zero-order chi connectivity index (χ0) is 36.8. The van der Waals surface area contributed by atoms with E-state index in [0.29, 0.717) is 60.4 Å². The van der Waals surface area contributed by atoms with Crippen molar-refractivity contribution in [3.05, 3.63) is 51.5 Å². The van der Waals surface area contributed by atoms with Crippen molar-refractivity contribution in [1.82, 2.24) is 9.80 Å². The predicted molar refractivity (Wildman–Crippen MR) is 208 cm³/mol. The van der Waals surface area contributed by atoms with Crippen molar-refractivity contribution in [2.24, 2.45) is 50.2 Å². The Bertz CT molecular complexity index is 1630. The molecule has 2 amide bonds. The van der Waals surface area contributed by atoms with Gasteiger partial charge in [0.25, 0.3) is 0 Å². The molecule has 1 N–H and O–H groups in total. The molecule has 5 nitrogen and oxygen atoms in total. The molecule has 7 rings (SSSR count). The average Bonchev–Trinajstić information content (AvgIpc) is 3.08. The quantitative estimate of drug-likeness (QED) is 0.247. The Hall–Kier alpha value is -1.82. The zero-order valence-electron chi connectivity index (χ0n) is 32.3. The van der Waals surface area contributed by atoms with E-state index in [-0.39, 0.29) is 50.4 Å². The summed E-state index contributed by atoms with van der Waals surface area (Å²) >= 11 is 12.5. The van der Waals surface area contributed by atoms with Crippen LogP contribution in [-0.4, -0.2) is 59.0 Å². The minimum atomic E-state index is -0.206. The number of benzene rings is 1. The summed E-state index contributed by atoms with van der Waals surface area (Å²) in [5.41, 5.74) is 3.20. The third-order valence-electron chi connectivity index (χ3n) is 16.6. The Balaban J connectivity index is 1.08. The summed E-state index contributed by atoms with van der Waals surface area (Å²) in [6.45, 7) is 19.7. The number of allylic oxidation sites excluding steroid dienone is 2. The molecule has 0 bridgehead atoms. The molecule has 1 aliphatic heterocycles. The molecular weight excluding hydrogens is 675 g/mol. The first-order chi connectivity index (χ1) is 23.9. The smallest absolute Gasteiger partial charge is 0.246 e. The SMILES string of the molecule is CC1(C)CC[C@]2(CC(=O)N3CCN(C(=O)/C=C/c4cccc(Cl)c4Cl)CC3)CC[C@]3(C)C(=CC[C@@H]4[C@@]5(C)CCC(O)C(C)(C)[C@@H]5CC[C@]43C)[C@@H]2C1. The second kappa shape index (κ2) is 12.9. The van der Waals surface area contributed by atoms with Crippen molar-refractivity contribution in [1.29, 1.82) is 0 Å². The summed E-state index contributed by atoms with van der Waals surface area (Å²) in [5, 5.41) is 12.0. The fourth-order valence-electron chi connectivity index (χ4n) is 13.2. The molecule has 8 atom stereocenters. The molecule has 6 aliphatic rings. The van der Waals surface area contributed by atoms with E-state index in [4.69, 9.17) is 23.2 Å². The van der Waals surface area contributed by atoms with E-state index >= 15 is 0 Å². The maximum atomic E-state index is 14.3. The number of hydrogen-bond acceptors (Lipinski definition) is 3. The summed E-state index contributed by atoms with van der Waals surface area (Å²) in [6.07, 6.45) is 17.7. The first-order valence-corrected chi connectivity index (χ1v) is 20.7. The molecule has 0 aromatic heterocycles. The lowest BCUT2D eigenvalue weighted by atomic mass is 9.33. The molecule has 0 radical (unpaired) electrons. The lowest BCUT2D eigenvalue weighted by Crippen LogP contribution is -2.64. The monoisotopic (exact) mass is 736 g/mol. The topological polar surface area (TPSA) is 60.9 Å². The standard InChI is InChI=1S/C44H62Cl2N2O3/c1-39(2)19-21-44(28-37(51)48-25-23-47(24-26-48)36(50)14-11-29-9-8-10-32(45)38(29)46)22-20-42(6)30(31(44)27-39)12-13-34-41(5)17-16-35(49)40(3,4)33(41)15-18-43(34,42)7/h8-12,14,31,33-35,49H,13,15-28H2,1-7H3/b14-11+/t31-,33-,34+,35?,41-,42+,43+,44+/m0/s1. The molecule has 4 saturated carbocycles. The van der Waals surface area contributed by atoms with Crippen LogP contribution in [-0.2, 0) is 9.59 Å². The number of halogens is 2. The molecule has 51 heavy (non-hydrogen) atoms. The van der Waals surface area contributed by atoms with E-state index in [1.807, 2.05) is 21.9 Å². The number of aliphatic hydroxyl groups is 1. The molecule has 1 aromatic rings. The Morgan fingerprint density at radius 3 is 2.27 bits per heavy atom. The minimum absolute atomic E-state index is 0.00506. The Kier molecular flexibility index (Phi) is 9.48. The Labute approximate surface area is 317 Å². The van der Waals surface area contributed by atoms with Gasteiger partial charge in [-0.2, -0.15) is 0 Å². The predicted octanol–water partition coefficient (Wildman–Crippen LogP) is 10.2. The van der Waals surface area contributed by atoms with Gasteiger partial charge < -0.3 is 14.9 Å². The van der Waals surface area contributed by atoms with E-state index in [1.54, 1.807) is 23.8 Å². The van der Waals surface area contributed by atoms with Gasteiger partial charge in [-0.05, 0) is 132 Å². The van der Waals surface area contributed by atoms with Crippen LogP contribution < -0.4 is 0 Å². The van der Waals surface area contributed by atoms with Crippen LogP contribution in [0.5, 0.6) is 0 Å². The number of piperazine rings is 1. The second-order valence-electron chi connectivity index (χ2n) is 19.8. The summed E-state index contributed by atoms with van der Waals surface area (Å²) in [6, 6.07) is 5.40. The van der Waals surface area contributed by atoms with Crippen molar-refractivity contribution >= 4 is 41.1 Å². The number of aliphatic hydroxyl groups excluding tert-OH is 1. The number of nitrogens with zero attached hydrogens (tertiary/aromatic N) is 2. The van der Waals surface area contributed by atoms with E-state index in [1.165, 1.54) is 19.3 Å². The molecule has 1 saturated heterocycles. The highest BCUT2D eigenvalue weighted by Gasteiger charge is 2.68. The van der Waals surface area contributed by atoms with E-state index in [2.05, 4.69) is 54.5 Å². The Morgan fingerprint density at radius 1 is 0.863 bits per heavy atom. The normalized spacial score (nSPS) is 40.1. The van der Waals surface area contributed by atoms with Gasteiger partial charge in [0, 0.05) is 38.7 Å². The Morgan fingerprint density at radius 2 is 1.55 bits per heavy atom. The van der Waals surface area contributed by atoms with E-state index < -0.39 is 0 Å². The fraction of sp³-hybridized carbons (Fsp3) is 0.727. The zero-order valence-corrected chi connectivity index (χ0v) is 33.8. The lowest BCUT2D eigenvalue weighted by Gasteiger charge is -2.71. The molecule has 0 spiro atoms. The first kappa shape index (κ1) is 37.5. The molecule has 7 heteroatoms. The number of carbonyl (C=O) groups excluding carboxylic acids is 2. The number of fused-ring (bicyclic) bond motifs is 7. The number of carbonyl (C=O) groups is 2. The third kappa shape index (κ3) is 5.97. The first-order valence-electron chi connectivity index (χ1n) is 19.9. The highest BCUT2D eigenvalue weighted by molar-refractivity contribution is 6.42. The summed E-state index contributed by atoms with van der Waals surface area (Å²) in [4.78, 5) is 31.3. The fourth-order valence-corrected chi connectivity index (χ4v) is 13.5. The van der Waals surface area contributed by atoms with E-state index in [0.717, 1.165) is 50.5 Å². The van der Waals surface area contributed by atoms with Gasteiger partial charge in [0.15, 0.2) is 0 Å². The van der Waals surface area contributed by atoms with Crippen molar-refractivity contribution < 1.29 is 14.7 Å². The van der Waals surface area contributed by atoms with Crippen LogP contribution in [0.2, 0.25) is 10.0 Å². The number of amides is 2. The molecule has 1 heterocycles. The van der Waals surface area contributed by atoms with Crippen LogP contribution in [0.4, 0.5) is 0 Å². The second-order valence-corrected chi connectivity index (χ2v) is 20.6. The molecule has 280 valence electrons. The van der Waals surface area contributed by atoms with Gasteiger partial charge in [0.2, 0.25) is 11.8 Å². The average molecular weight is 738 g/mol. The van der Waals surface area contributed by atoms with Crippen molar-refractivity contribution in [3.8, 4) is 0 Å². The summed E-state index contributed by atoms with van der Waals surface area (Å²) < 4.78 is 0. The van der Waals surface area contributed by atoms with Crippen LogP contribution >= 0.6 is 23.2 Å². The maximum absolute atomic E-state index is 14.3. The van der Waals surface area contributed by atoms with Crippen LogP contribution in [0.1, 0.15) is 125 Å². The van der Waals surface area contributed by atoms with Gasteiger partial charge in [-0.15, -0.1) is 0 Å². The van der Waals surface area contributed by atoms with Crippen molar-refractivity contribution in [3.63, 3.8) is 0 Å². The molecule has 1 unspecified atom stereocenters. The van der Waals surface area contributed by atoms with Gasteiger partial charge in [0.1, 0.15) is 0 Å². The third-order valence-corrected chi connectivity index (χ3v) is 17.5. The van der Waals surface area contributed by atoms with Crippen molar-refractivity contribution in [2.45, 2.75) is 125 Å². The maximum Gasteiger partial charge on any atom is 0.246 e. The largest absolute Gasteiger partial charge is 0.393 e. The number of rotatable bonds is 4. The number of hydrogen-bond donors (Lipinski definition) is 1. The van der Waals surface area contributed by atoms with Gasteiger partial charge in [-0.1, -0.05) is 95.4 Å². The highest BCUT2D eigenvalue weighted by atomic mass is 35.5. The van der Waals surface area contributed by atoms with Crippen molar-refractivity contribution in [2.75, 3.05) is 26.2 Å². The van der Waals surface area contributed by atoms with Crippen LogP contribution in [0.3, 0.4) is 0 Å². The van der Waals surface area contributed by atoms with Gasteiger partial charge >= 0.3 is 0 Å². The highest BCUT2D eigenvalue weighted by Crippen LogP contribution is 2.76. The van der Waals surface area contributed by atoms with Gasteiger partial charge in [0.05, 0.1) is 16.1 Å². The summed E-state index contributed by atoms with van der Waals surface area (Å²) in [5.74, 6) is 1.81. The van der Waals surface area contributed by atoms with Gasteiger partial charge in [-0.3, -0.25) is 9.59 Å². The van der Waals surface area contributed by atoms with Crippen LogP contribution in [0, 0.1) is 50.2 Å². The lowest BCUT2D eigenvalue weighted by molar-refractivity contribution is -0.203. The summed E-state index contributed by atoms with van der Waals surface area (Å²) in [7, 11) is 0. The molecule has 5 aliphatic carbocycles. The minimum Gasteiger partial charge on any atom is -0.393 e. The van der Waals surface area contributed by atoms with Gasteiger partial charge in [-0.25, -0.2) is 0 Å².